The van der Waals surface area contributed by atoms with Gasteiger partial charge in [0.1, 0.15) is 0 Å². The fourth-order valence-electron chi connectivity index (χ4n) is 2.42. The quantitative estimate of drug-likeness (QED) is 0.881. The zero-order valence-corrected chi connectivity index (χ0v) is 12.1. The summed E-state index contributed by atoms with van der Waals surface area (Å²) in [5, 5.41) is 4.47. The molecule has 1 unspecified atom stereocenters. The largest absolute Gasteiger partial charge is 0.327 e. The lowest BCUT2D eigenvalue weighted by atomic mass is 9.91. The second kappa shape index (κ2) is 6.18. The van der Waals surface area contributed by atoms with Gasteiger partial charge in [-0.15, -0.1) is 0 Å². The molecule has 3 nitrogen and oxygen atoms in total. The molecule has 0 aliphatic heterocycles. The van der Waals surface area contributed by atoms with Gasteiger partial charge in [0.2, 0.25) is 0 Å². The Hall–Kier alpha value is -1.68. The van der Waals surface area contributed by atoms with Crippen molar-refractivity contribution in [2.75, 3.05) is 6.54 Å². The van der Waals surface area contributed by atoms with Gasteiger partial charge in [-0.25, -0.2) is 4.39 Å². The molecule has 2 aromatic rings. The molecule has 1 atom stereocenters. The highest BCUT2D eigenvalue weighted by Crippen LogP contribution is 2.29. The van der Waals surface area contributed by atoms with Crippen molar-refractivity contribution in [2.24, 2.45) is 5.73 Å². The molecule has 1 aromatic heterocycles. The highest BCUT2D eigenvalue weighted by Gasteiger charge is 2.32. The van der Waals surface area contributed by atoms with Crippen LogP contribution in [-0.2, 0) is 25.1 Å². The maximum atomic E-state index is 15.2. The third-order valence-corrected chi connectivity index (χ3v) is 3.65. The van der Waals surface area contributed by atoms with Crippen LogP contribution in [0.15, 0.2) is 36.4 Å². The Morgan fingerprint density at radius 1 is 1.25 bits per heavy atom. The van der Waals surface area contributed by atoms with Crippen LogP contribution < -0.4 is 5.73 Å². The lowest BCUT2D eigenvalue weighted by Gasteiger charge is -2.24. The van der Waals surface area contributed by atoms with Crippen molar-refractivity contribution in [1.29, 1.82) is 0 Å². The first-order valence-corrected chi connectivity index (χ1v) is 7.13. The summed E-state index contributed by atoms with van der Waals surface area (Å²) in [6.07, 6.45) is 1.11. The Kier molecular flexibility index (Phi) is 4.55. The standard InChI is InChI=1S/C16H22FN3/c1-3-14-10-15(20(4-2)19-14)11-16(17,12-18)13-8-6-5-7-9-13/h5-10H,3-4,11-12,18H2,1-2H3. The summed E-state index contributed by atoms with van der Waals surface area (Å²) in [7, 11) is 0. The Balaban J connectivity index is 2.32. The van der Waals surface area contributed by atoms with Gasteiger partial charge in [-0.1, -0.05) is 37.3 Å². The summed E-state index contributed by atoms with van der Waals surface area (Å²) in [6.45, 7) is 4.77. The van der Waals surface area contributed by atoms with Crippen molar-refractivity contribution >= 4 is 0 Å². The average molecular weight is 275 g/mol. The lowest BCUT2D eigenvalue weighted by molar-refractivity contribution is 0.171. The van der Waals surface area contributed by atoms with E-state index < -0.39 is 5.67 Å². The van der Waals surface area contributed by atoms with Crippen LogP contribution in [0.3, 0.4) is 0 Å². The number of nitrogens with two attached hydrogens (primary N) is 1. The number of alkyl halides is 1. The van der Waals surface area contributed by atoms with E-state index in [1.165, 1.54) is 0 Å². The van der Waals surface area contributed by atoms with Gasteiger partial charge in [0.05, 0.1) is 5.69 Å². The zero-order chi connectivity index (χ0) is 14.6. The first-order valence-electron chi connectivity index (χ1n) is 7.13. The summed E-state index contributed by atoms with van der Waals surface area (Å²) >= 11 is 0. The number of hydrogen-bond acceptors (Lipinski definition) is 2. The van der Waals surface area contributed by atoms with Crippen LogP contribution in [0.4, 0.5) is 4.39 Å². The Bertz CT molecular complexity index is 550. The molecule has 1 aromatic carbocycles. The molecule has 0 aliphatic carbocycles. The van der Waals surface area contributed by atoms with Crippen molar-refractivity contribution in [2.45, 2.75) is 38.9 Å². The lowest BCUT2D eigenvalue weighted by Crippen LogP contribution is -2.33. The molecular formula is C16H22FN3. The summed E-state index contributed by atoms with van der Waals surface area (Å²) in [4.78, 5) is 0. The number of halogens is 1. The van der Waals surface area contributed by atoms with Crippen LogP contribution in [0.25, 0.3) is 0 Å². The molecule has 2 N–H and O–H groups in total. The van der Waals surface area contributed by atoms with Crippen LogP contribution in [0.5, 0.6) is 0 Å². The molecule has 0 radical (unpaired) electrons. The van der Waals surface area contributed by atoms with Gasteiger partial charge in [-0.2, -0.15) is 5.10 Å². The van der Waals surface area contributed by atoms with Crippen LogP contribution in [-0.4, -0.2) is 16.3 Å². The van der Waals surface area contributed by atoms with E-state index in [1.807, 2.05) is 35.9 Å². The van der Waals surface area contributed by atoms with Crippen molar-refractivity contribution in [3.8, 4) is 0 Å². The van der Waals surface area contributed by atoms with Crippen LogP contribution in [0.1, 0.15) is 30.8 Å². The molecule has 0 amide bonds. The number of benzene rings is 1. The number of aryl methyl sites for hydroxylation is 2. The molecule has 4 heteroatoms. The van der Waals surface area contributed by atoms with Gasteiger partial charge in [0, 0.05) is 25.2 Å². The number of aromatic nitrogens is 2. The monoisotopic (exact) mass is 275 g/mol. The molecule has 0 saturated heterocycles. The second-order valence-corrected chi connectivity index (χ2v) is 5.01. The smallest absolute Gasteiger partial charge is 0.153 e. The van der Waals surface area contributed by atoms with Crippen molar-refractivity contribution in [3.63, 3.8) is 0 Å². The van der Waals surface area contributed by atoms with E-state index in [4.69, 9.17) is 5.73 Å². The van der Waals surface area contributed by atoms with Crippen LogP contribution in [0.2, 0.25) is 0 Å². The van der Waals surface area contributed by atoms with Gasteiger partial charge < -0.3 is 5.73 Å². The van der Waals surface area contributed by atoms with Gasteiger partial charge in [0.25, 0.3) is 0 Å². The first kappa shape index (κ1) is 14.7. The third-order valence-electron chi connectivity index (χ3n) is 3.65. The summed E-state index contributed by atoms with van der Waals surface area (Å²) < 4.78 is 17.1. The van der Waals surface area contributed by atoms with E-state index in [0.717, 1.165) is 24.4 Å². The molecule has 2 rings (SSSR count). The van der Waals surface area contributed by atoms with E-state index in [1.54, 1.807) is 12.1 Å². The molecule has 0 fully saturated rings. The molecule has 0 spiro atoms. The highest BCUT2D eigenvalue weighted by molar-refractivity contribution is 5.26. The zero-order valence-electron chi connectivity index (χ0n) is 12.1. The molecule has 20 heavy (non-hydrogen) atoms. The van der Waals surface area contributed by atoms with Crippen molar-refractivity contribution < 1.29 is 4.39 Å². The predicted octanol–water partition coefficient (Wildman–Crippen LogP) is 2.83. The minimum Gasteiger partial charge on any atom is -0.327 e. The number of rotatable bonds is 6. The second-order valence-electron chi connectivity index (χ2n) is 5.01. The summed E-state index contributed by atoms with van der Waals surface area (Å²) in [5.74, 6) is 0. The SMILES string of the molecule is CCc1cc(CC(F)(CN)c2ccccc2)n(CC)n1. The highest BCUT2D eigenvalue weighted by atomic mass is 19.1. The molecule has 0 bridgehead atoms. The molecule has 1 heterocycles. The normalized spacial score (nSPS) is 14.2. The summed E-state index contributed by atoms with van der Waals surface area (Å²) in [6, 6.07) is 11.1. The van der Waals surface area contributed by atoms with E-state index in [0.29, 0.717) is 5.56 Å². The molecule has 108 valence electrons. The fraction of sp³-hybridized carbons (Fsp3) is 0.438. The van der Waals surface area contributed by atoms with Gasteiger partial charge in [-0.3, -0.25) is 4.68 Å². The predicted molar refractivity (Wildman–Crippen MR) is 79.3 cm³/mol. The van der Waals surface area contributed by atoms with E-state index in [9.17, 15) is 0 Å². The molecule has 0 saturated carbocycles. The Morgan fingerprint density at radius 2 is 1.95 bits per heavy atom. The third kappa shape index (κ3) is 2.90. The first-order chi connectivity index (χ1) is 9.62. The van der Waals surface area contributed by atoms with E-state index in [2.05, 4.69) is 12.0 Å². The van der Waals surface area contributed by atoms with E-state index >= 15 is 4.39 Å². The summed E-state index contributed by atoms with van der Waals surface area (Å²) in [5.41, 5.74) is 6.70. The maximum absolute atomic E-state index is 15.2. The van der Waals surface area contributed by atoms with Gasteiger partial charge in [0.15, 0.2) is 5.67 Å². The Morgan fingerprint density at radius 3 is 2.50 bits per heavy atom. The Labute approximate surface area is 119 Å². The number of nitrogens with zero attached hydrogens (tertiary/aromatic N) is 2. The average Bonchev–Trinajstić information content (AvgIpc) is 2.90. The molecule has 0 aliphatic rings. The minimum absolute atomic E-state index is 0.0344. The maximum Gasteiger partial charge on any atom is 0.153 e. The van der Waals surface area contributed by atoms with Crippen LogP contribution >= 0.6 is 0 Å². The van der Waals surface area contributed by atoms with E-state index in [-0.39, 0.29) is 13.0 Å². The minimum atomic E-state index is -1.54. The van der Waals surface area contributed by atoms with Crippen molar-refractivity contribution in [3.05, 3.63) is 53.3 Å². The fourth-order valence-corrected chi connectivity index (χ4v) is 2.42. The van der Waals surface area contributed by atoms with Gasteiger partial charge in [-0.05, 0) is 25.0 Å². The number of hydrogen-bond donors (Lipinski definition) is 1. The topological polar surface area (TPSA) is 43.8 Å². The van der Waals surface area contributed by atoms with Crippen LogP contribution in [0, 0.1) is 0 Å². The van der Waals surface area contributed by atoms with Crippen molar-refractivity contribution in [1.82, 2.24) is 9.78 Å². The molecular weight excluding hydrogens is 253 g/mol. The van der Waals surface area contributed by atoms with Gasteiger partial charge >= 0.3 is 0 Å².